The van der Waals surface area contributed by atoms with Gasteiger partial charge in [-0.2, -0.15) is 0 Å². The summed E-state index contributed by atoms with van der Waals surface area (Å²) in [4.78, 5) is 45.5. The number of nitrogens with one attached hydrogen (secondary N) is 1. The summed E-state index contributed by atoms with van der Waals surface area (Å²) in [5.41, 5.74) is 1.09. The number of hydrogen-bond acceptors (Lipinski definition) is 11. The van der Waals surface area contributed by atoms with E-state index < -0.39 is 35.5 Å². The molecule has 2 aliphatic rings. The minimum Gasteiger partial charge on any atom is -0.465 e. The Morgan fingerprint density at radius 2 is 1.82 bits per heavy atom. The molecule has 1 heterocycles. The van der Waals surface area contributed by atoms with Crippen molar-refractivity contribution in [2.24, 2.45) is 5.92 Å². The summed E-state index contributed by atoms with van der Waals surface area (Å²) < 4.78 is 15.9. The number of carbonyl (C=O) groups is 3. The van der Waals surface area contributed by atoms with Crippen molar-refractivity contribution < 1.29 is 43.8 Å². The second kappa shape index (κ2) is 15.8. The average Bonchev–Trinajstić information content (AvgIpc) is 3.52. The predicted molar refractivity (Wildman–Crippen MR) is 137 cm³/mol. The first-order valence-electron chi connectivity index (χ1n) is 13.7. The van der Waals surface area contributed by atoms with Crippen LogP contribution in [0.2, 0.25) is 0 Å². The lowest BCUT2D eigenvalue weighted by atomic mass is 10.0. The van der Waals surface area contributed by atoms with Gasteiger partial charge in [-0.05, 0) is 57.4 Å². The van der Waals surface area contributed by atoms with E-state index in [1.54, 1.807) is 18.7 Å². The van der Waals surface area contributed by atoms with Crippen LogP contribution in [-0.2, 0) is 39.9 Å². The van der Waals surface area contributed by atoms with E-state index in [1.807, 2.05) is 30.3 Å². The van der Waals surface area contributed by atoms with Gasteiger partial charge in [0.1, 0.15) is 18.7 Å². The summed E-state index contributed by atoms with van der Waals surface area (Å²) in [5, 5.41) is 19.7. The van der Waals surface area contributed by atoms with E-state index in [2.05, 4.69) is 10.2 Å². The van der Waals surface area contributed by atoms with Gasteiger partial charge in [-0.3, -0.25) is 25.3 Å². The Morgan fingerprint density at radius 1 is 1.08 bits per heavy atom. The Morgan fingerprint density at radius 3 is 2.54 bits per heavy atom. The van der Waals surface area contributed by atoms with Crippen molar-refractivity contribution in [3.8, 4) is 0 Å². The maximum absolute atomic E-state index is 13.7. The Balaban J connectivity index is 1.58. The van der Waals surface area contributed by atoms with Crippen LogP contribution < -0.4 is 5.32 Å². The number of hydrogen-bond donors (Lipinski definition) is 3. The molecule has 3 N–H and O–H groups in total. The molecule has 3 rings (SSSR count). The summed E-state index contributed by atoms with van der Waals surface area (Å²) in [6.45, 7) is 3.79. The third-order valence-corrected chi connectivity index (χ3v) is 7.23. The molecule has 0 spiro atoms. The van der Waals surface area contributed by atoms with Crippen molar-refractivity contribution in [1.29, 1.82) is 0 Å². The van der Waals surface area contributed by atoms with Gasteiger partial charge in [0, 0.05) is 6.04 Å². The standard InChI is InChI=1S/C27H41N3O9/c1-3-37-26(32)22(13-12-20-8-5-4-6-9-20)28-19(2)25(31)29-23-11-7-10-21(23)18-24(29)27(33)38-16-14-36-15-17-39-30(34)35/h4-6,8-9,19,21-24,28,34-35H,3,7,10-18H2,1-2H3/t19?,21?,22?,23?,24-/m0/s1. The van der Waals surface area contributed by atoms with Crippen molar-refractivity contribution in [2.45, 2.75) is 76.5 Å². The first kappa shape index (κ1) is 30.9. The lowest BCUT2D eigenvalue weighted by Crippen LogP contribution is -2.55. The van der Waals surface area contributed by atoms with Crippen LogP contribution >= 0.6 is 0 Å². The molecule has 1 saturated carbocycles. The fourth-order valence-electron chi connectivity index (χ4n) is 5.46. The minimum absolute atomic E-state index is 0.00706. The van der Waals surface area contributed by atoms with E-state index in [-0.39, 0.29) is 50.9 Å². The molecule has 1 aromatic carbocycles. The average molecular weight is 552 g/mol. The molecule has 1 saturated heterocycles. The molecule has 0 aromatic heterocycles. The highest BCUT2D eigenvalue weighted by atomic mass is 17.1. The van der Waals surface area contributed by atoms with Crippen molar-refractivity contribution in [1.82, 2.24) is 15.6 Å². The number of ether oxygens (including phenoxy) is 3. The third-order valence-electron chi connectivity index (χ3n) is 7.23. The second-order valence-corrected chi connectivity index (χ2v) is 9.84. The highest BCUT2D eigenvalue weighted by Gasteiger charge is 2.50. The number of carbonyl (C=O) groups excluding carboxylic acids is 3. The molecule has 0 radical (unpaired) electrons. The Bertz CT molecular complexity index is 917. The van der Waals surface area contributed by atoms with Crippen LogP contribution in [0.5, 0.6) is 0 Å². The van der Waals surface area contributed by atoms with Crippen LogP contribution in [0.25, 0.3) is 0 Å². The predicted octanol–water partition coefficient (Wildman–Crippen LogP) is 1.87. The number of nitrogens with zero attached hydrogens (tertiary/aromatic N) is 2. The molecule has 218 valence electrons. The van der Waals surface area contributed by atoms with Crippen LogP contribution in [0.3, 0.4) is 0 Å². The number of esters is 2. The lowest BCUT2D eigenvalue weighted by molar-refractivity contribution is -0.493. The van der Waals surface area contributed by atoms with E-state index in [0.717, 1.165) is 24.8 Å². The zero-order chi connectivity index (χ0) is 28.2. The number of fused-ring (bicyclic) bond motifs is 1. The Kier molecular flexibility index (Phi) is 12.6. The molecule has 1 aliphatic heterocycles. The van der Waals surface area contributed by atoms with E-state index in [4.69, 9.17) is 24.6 Å². The van der Waals surface area contributed by atoms with Crippen molar-refractivity contribution in [2.75, 3.05) is 33.0 Å². The number of amides is 1. The molecule has 1 aliphatic carbocycles. The van der Waals surface area contributed by atoms with E-state index in [0.29, 0.717) is 19.3 Å². The van der Waals surface area contributed by atoms with Crippen molar-refractivity contribution in [3.63, 3.8) is 0 Å². The Labute approximate surface area is 229 Å². The highest BCUT2D eigenvalue weighted by molar-refractivity contribution is 5.89. The zero-order valence-corrected chi connectivity index (χ0v) is 22.7. The number of rotatable bonds is 16. The summed E-state index contributed by atoms with van der Waals surface area (Å²) in [7, 11) is 0. The first-order valence-corrected chi connectivity index (χ1v) is 13.7. The largest absolute Gasteiger partial charge is 0.465 e. The van der Waals surface area contributed by atoms with Crippen LogP contribution in [0.4, 0.5) is 0 Å². The van der Waals surface area contributed by atoms with Gasteiger partial charge < -0.3 is 19.1 Å². The smallest absolute Gasteiger partial charge is 0.328 e. The normalized spacial score (nSPS) is 22.0. The summed E-state index contributed by atoms with van der Waals surface area (Å²) in [6, 6.07) is 7.72. The maximum Gasteiger partial charge on any atom is 0.328 e. The van der Waals surface area contributed by atoms with E-state index >= 15 is 0 Å². The van der Waals surface area contributed by atoms with Gasteiger partial charge in [0.25, 0.3) is 0 Å². The summed E-state index contributed by atoms with van der Waals surface area (Å²) >= 11 is 0. The SMILES string of the molecule is CCOC(=O)C(CCc1ccccc1)NC(C)C(=O)N1C2CCCC2C[C@H]1C(=O)OCCOCCON(O)O. The topological polar surface area (TPSA) is 147 Å². The fraction of sp³-hybridized carbons (Fsp3) is 0.667. The lowest BCUT2D eigenvalue weighted by Gasteiger charge is -2.32. The fourth-order valence-corrected chi connectivity index (χ4v) is 5.46. The van der Waals surface area contributed by atoms with Gasteiger partial charge in [0.15, 0.2) is 0 Å². The van der Waals surface area contributed by atoms with Gasteiger partial charge in [-0.25, -0.2) is 9.63 Å². The first-order chi connectivity index (χ1) is 18.8. The van der Waals surface area contributed by atoms with E-state index in [9.17, 15) is 14.4 Å². The van der Waals surface area contributed by atoms with Gasteiger partial charge in [0.05, 0.1) is 37.9 Å². The van der Waals surface area contributed by atoms with Gasteiger partial charge >= 0.3 is 11.9 Å². The zero-order valence-electron chi connectivity index (χ0n) is 22.7. The van der Waals surface area contributed by atoms with Crippen LogP contribution in [0.15, 0.2) is 30.3 Å². The second-order valence-electron chi connectivity index (χ2n) is 9.84. The molecule has 5 atom stereocenters. The molecular formula is C27H41N3O9. The van der Waals surface area contributed by atoms with E-state index in [1.165, 1.54) is 0 Å². The summed E-state index contributed by atoms with van der Waals surface area (Å²) in [5.74, 6) is -0.870. The molecule has 39 heavy (non-hydrogen) atoms. The Hall–Kier alpha value is -2.61. The monoisotopic (exact) mass is 551 g/mol. The number of benzene rings is 1. The molecule has 12 nitrogen and oxygen atoms in total. The molecule has 1 aromatic rings. The molecule has 12 heteroatoms. The van der Waals surface area contributed by atoms with Crippen LogP contribution in [-0.4, -0.2) is 95.8 Å². The number of likely N-dealkylation sites (tertiary alicyclic amines) is 1. The number of aryl methyl sites for hydroxylation is 1. The molecular weight excluding hydrogens is 510 g/mol. The third kappa shape index (κ3) is 9.23. The van der Waals surface area contributed by atoms with Gasteiger partial charge in [0.2, 0.25) is 5.91 Å². The minimum atomic E-state index is -0.703. The highest BCUT2D eigenvalue weighted by Crippen LogP contribution is 2.42. The van der Waals surface area contributed by atoms with Gasteiger partial charge in [-0.1, -0.05) is 36.8 Å². The molecule has 2 fully saturated rings. The quantitative estimate of drug-likeness (QED) is 0.157. The molecule has 4 unspecified atom stereocenters. The van der Waals surface area contributed by atoms with Crippen LogP contribution in [0.1, 0.15) is 51.5 Å². The summed E-state index contributed by atoms with van der Waals surface area (Å²) in [6.07, 6.45) is 4.46. The van der Waals surface area contributed by atoms with Crippen molar-refractivity contribution in [3.05, 3.63) is 35.9 Å². The molecule has 0 bridgehead atoms. The van der Waals surface area contributed by atoms with Crippen molar-refractivity contribution >= 4 is 17.8 Å². The molecule has 1 amide bonds. The van der Waals surface area contributed by atoms with Crippen LogP contribution in [0, 0.1) is 5.92 Å². The maximum atomic E-state index is 13.7. The van der Waals surface area contributed by atoms with Gasteiger partial charge in [-0.15, -0.1) is 0 Å².